The van der Waals surface area contributed by atoms with Crippen LogP contribution in [0, 0.1) is 0 Å². The van der Waals surface area contributed by atoms with E-state index < -0.39 is 0 Å². The predicted octanol–water partition coefficient (Wildman–Crippen LogP) is 2.81. The van der Waals surface area contributed by atoms with E-state index >= 15 is 0 Å². The molecule has 0 saturated carbocycles. The van der Waals surface area contributed by atoms with Crippen molar-refractivity contribution in [3.8, 4) is 11.5 Å². The molecule has 0 unspecified atom stereocenters. The largest absolute Gasteiger partial charge is 0.421 e. The molecule has 0 spiro atoms. The predicted molar refractivity (Wildman–Crippen MR) is 92.8 cm³/mol. The van der Waals surface area contributed by atoms with Gasteiger partial charge in [0.2, 0.25) is 17.7 Å². The molecule has 3 aromatic rings. The van der Waals surface area contributed by atoms with E-state index in [9.17, 15) is 9.90 Å². The van der Waals surface area contributed by atoms with Gasteiger partial charge >= 0.3 is 0 Å². The zero-order valence-corrected chi connectivity index (χ0v) is 14.6. The van der Waals surface area contributed by atoms with E-state index in [0.29, 0.717) is 31.3 Å². The molecule has 0 aliphatic rings. The second-order valence-electron chi connectivity index (χ2n) is 5.13. The van der Waals surface area contributed by atoms with E-state index in [0.717, 1.165) is 10.4 Å². The highest BCUT2D eigenvalue weighted by atomic mass is 32.1. The first-order valence-corrected chi connectivity index (χ1v) is 9.34. The molecule has 8 heteroatoms. The Labute approximate surface area is 147 Å². The summed E-state index contributed by atoms with van der Waals surface area (Å²) in [5.74, 6) is 0.891. The van der Waals surface area contributed by atoms with Crippen molar-refractivity contribution in [2.24, 2.45) is 0 Å². The molecule has 0 aromatic carbocycles. The Morgan fingerprint density at radius 2 is 2.21 bits per heavy atom. The SMILES string of the molecule is O=C(CCc1nnc(-c2ccsc2)o1)N(CCO)Cc1cccs1. The lowest BCUT2D eigenvalue weighted by molar-refractivity contribution is -0.132. The fourth-order valence-electron chi connectivity index (χ4n) is 2.23. The summed E-state index contributed by atoms with van der Waals surface area (Å²) in [7, 11) is 0. The van der Waals surface area contributed by atoms with Crippen molar-refractivity contribution in [1.82, 2.24) is 15.1 Å². The number of thiophene rings is 2. The Kier molecular flexibility index (Phi) is 5.73. The number of hydrogen-bond acceptors (Lipinski definition) is 7. The van der Waals surface area contributed by atoms with Crippen LogP contribution in [0.15, 0.2) is 38.8 Å². The first-order valence-electron chi connectivity index (χ1n) is 7.52. The first kappa shape index (κ1) is 16.8. The zero-order chi connectivity index (χ0) is 16.8. The van der Waals surface area contributed by atoms with E-state index in [1.807, 2.05) is 34.3 Å². The van der Waals surface area contributed by atoms with Crippen LogP contribution < -0.4 is 0 Å². The van der Waals surface area contributed by atoms with Crippen LogP contribution in [0.25, 0.3) is 11.5 Å². The van der Waals surface area contributed by atoms with Crippen LogP contribution in [0.4, 0.5) is 0 Å². The maximum absolute atomic E-state index is 12.4. The minimum Gasteiger partial charge on any atom is -0.421 e. The third-order valence-electron chi connectivity index (χ3n) is 3.44. The van der Waals surface area contributed by atoms with E-state index in [-0.39, 0.29) is 18.9 Å². The number of aryl methyl sites for hydroxylation is 1. The quantitative estimate of drug-likeness (QED) is 0.666. The number of amides is 1. The van der Waals surface area contributed by atoms with Gasteiger partial charge in [0.1, 0.15) is 0 Å². The summed E-state index contributed by atoms with van der Waals surface area (Å²) in [5.41, 5.74) is 0.893. The van der Waals surface area contributed by atoms with Gasteiger partial charge in [0.25, 0.3) is 0 Å². The van der Waals surface area contributed by atoms with Crippen molar-refractivity contribution in [1.29, 1.82) is 0 Å². The summed E-state index contributed by atoms with van der Waals surface area (Å²) in [6.45, 7) is 0.780. The number of rotatable bonds is 8. The molecule has 3 aromatic heterocycles. The van der Waals surface area contributed by atoms with Gasteiger partial charge in [-0.1, -0.05) is 6.07 Å². The van der Waals surface area contributed by atoms with E-state index in [2.05, 4.69) is 10.2 Å². The summed E-state index contributed by atoms with van der Waals surface area (Å²) in [5, 5.41) is 23.0. The van der Waals surface area contributed by atoms with E-state index in [4.69, 9.17) is 4.42 Å². The molecule has 0 radical (unpaired) electrons. The zero-order valence-electron chi connectivity index (χ0n) is 12.9. The number of carbonyl (C=O) groups is 1. The Bertz CT molecular complexity index is 753. The summed E-state index contributed by atoms with van der Waals surface area (Å²) in [6.07, 6.45) is 0.666. The monoisotopic (exact) mass is 363 g/mol. The standard InChI is InChI=1S/C16H17N3O3S2/c20-7-6-19(10-13-2-1-8-24-13)15(21)4-3-14-17-18-16(22-14)12-5-9-23-11-12/h1-2,5,8-9,11,20H,3-4,6-7,10H2. The Hall–Kier alpha value is -2.03. The van der Waals surface area contributed by atoms with Gasteiger partial charge in [0.05, 0.1) is 13.2 Å². The summed E-state index contributed by atoms with van der Waals surface area (Å²) < 4.78 is 5.59. The van der Waals surface area contributed by atoms with Gasteiger partial charge in [-0.25, -0.2) is 0 Å². The molecule has 126 valence electrons. The fraction of sp³-hybridized carbons (Fsp3) is 0.312. The summed E-state index contributed by atoms with van der Waals surface area (Å²) in [6, 6.07) is 5.84. The smallest absolute Gasteiger partial charge is 0.248 e. The van der Waals surface area contributed by atoms with Gasteiger partial charge in [0, 0.05) is 35.2 Å². The molecular formula is C16H17N3O3S2. The third-order valence-corrected chi connectivity index (χ3v) is 4.98. The van der Waals surface area contributed by atoms with Crippen molar-refractivity contribution in [2.45, 2.75) is 19.4 Å². The molecule has 3 rings (SSSR count). The minimum absolute atomic E-state index is 0.0345. The number of nitrogens with zero attached hydrogens (tertiary/aromatic N) is 3. The number of hydrogen-bond donors (Lipinski definition) is 1. The normalized spacial score (nSPS) is 10.9. The van der Waals surface area contributed by atoms with Gasteiger partial charge in [-0.2, -0.15) is 11.3 Å². The van der Waals surface area contributed by atoms with Crippen molar-refractivity contribution in [3.63, 3.8) is 0 Å². The molecule has 0 aliphatic carbocycles. The summed E-state index contributed by atoms with van der Waals surface area (Å²) in [4.78, 5) is 15.1. The topological polar surface area (TPSA) is 79.5 Å². The first-order chi connectivity index (χ1) is 11.8. The van der Waals surface area contributed by atoms with Crippen LogP contribution in [0.5, 0.6) is 0 Å². The Morgan fingerprint density at radius 1 is 1.29 bits per heavy atom. The molecule has 3 heterocycles. The highest BCUT2D eigenvalue weighted by molar-refractivity contribution is 7.09. The van der Waals surface area contributed by atoms with Crippen LogP contribution in [-0.2, 0) is 17.8 Å². The van der Waals surface area contributed by atoms with Gasteiger partial charge in [-0.3, -0.25) is 4.79 Å². The minimum atomic E-state index is -0.0556. The second kappa shape index (κ2) is 8.18. The maximum Gasteiger partial charge on any atom is 0.248 e. The van der Waals surface area contributed by atoms with Crippen LogP contribution in [-0.4, -0.2) is 39.3 Å². The molecule has 6 nitrogen and oxygen atoms in total. The number of carbonyl (C=O) groups excluding carboxylic acids is 1. The van der Waals surface area contributed by atoms with Gasteiger partial charge in [0.15, 0.2) is 0 Å². The molecule has 0 saturated heterocycles. The molecule has 0 atom stereocenters. The van der Waals surface area contributed by atoms with Gasteiger partial charge in [-0.15, -0.1) is 21.5 Å². The highest BCUT2D eigenvalue weighted by Crippen LogP contribution is 2.21. The molecule has 0 bridgehead atoms. The van der Waals surface area contributed by atoms with Crippen molar-refractivity contribution >= 4 is 28.6 Å². The maximum atomic E-state index is 12.4. The second-order valence-corrected chi connectivity index (χ2v) is 6.94. The van der Waals surface area contributed by atoms with Crippen LogP contribution in [0.3, 0.4) is 0 Å². The van der Waals surface area contributed by atoms with Gasteiger partial charge in [-0.05, 0) is 22.9 Å². The van der Waals surface area contributed by atoms with Crippen LogP contribution >= 0.6 is 22.7 Å². The van der Waals surface area contributed by atoms with Gasteiger partial charge < -0.3 is 14.4 Å². The molecule has 0 fully saturated rings. The van der Waals surface area contributed by atoms with E-state index in [1.54, 1.807) is 27.6 Å². The lowest BCUT2D eigenvalue weighted by Crippen LogP contribution is -2.33. The highest BCUT2D eigenvalue weighted by Gasteiger charge is 2.16. The molecule has 1 amide bonds. The molecular weight excluding hydrogens is 346 g/mol. The average Bonchev–Trinajstić information content (AvgIpc) is 3.32. The molecule has 0 aliphatic heterocycles. The van der Waals surface area contributed by atoms with Crippen molar-refractivity contribution < 1.29 is 14.3 Å². The fourth-order valence-corrected chi connectivity index (χ4v) is 3.58. The van der Waals surface area contributed by atoms with Crippen LogP contribution in [0.1, 0.15) is 17.2 Å². The average molecular weight is 363 g/mol. The Balaban J connectivity index is 1.57. The number of aliphatic hydroxyl groups is 1. The lowest BCUT2D eigenvalue weighted by atomic mass is 10.2. The van der Waals surface area contributed by atoms with Crippen molar-refractivity contribution in [2.75, 3.05) is 13.2 Å². The summed E-state index contributed by atoms with van der Waals surface area (Å²) >= 11 is 3.16. The van der Waals surface area contributed by atoms with Crippen molar-refractivity contribution in [3.05, 3.63) is 45.1 Å². The van der Waals surface area contributed by atoms with E-state index in [1.165, 1.54) is 0 Å². The molecule has 1 N–H and O–H groups in total. The number of aliphatic hydroxyl groups excluding tert-OH is 1. The Morgan fingerprint density at radius 3 is 2.92 bits per heavy atom. The molecule has 24 heavy (non-hydrogen) atoms. The number of aromatic nitrogens is 2. The lowest BCUT2D eigenvalue weighted by Gasteiger charge is -2.20. The third kappa shape index (κ3) is 4.28. The van der Waals surface area contributed by atoms with Crippen LogP contribution in [0.2, 0.25) is 0 Å².